The monoisotopic (exact) mass is 288 g/mol. The van der Waals surface area contributed by atoms with Crippen molar-refractivity contribution < 1.29 is 4.79 Å². The molecule has 0 saturated carbocycles. The Morgan fingerprint density at radius 3 is 2.68 bits per heavy atom. The van der Waals surface area contributed by atoms with Crippen LogP contribution in [0.5, 0.6) is 0 Å². The van der Waals surface area contributed by atoms with Gasteiger partial charge in [-0.2, -0.15) is 11.8 Å². The fraction of sp³-hybridized carbons (Fsp3) is 0.923. The Morgan fingerprint density at radius 1 is 1.37 bits per heavy atom. The minimum atomic E-state index is -0.351. The third-order valence-electron chi connectivity index (χ3n) is 3.52. The lowest BCUT2D eigenvalue weighted by atomic mass is 10.2. The molecular formula is C13H28N4OS. The van der Waals surface area contributed by atoms with E-state index >= 15 is 0 Å². The van der Waals surface area contributed by atoms with Gasteiger partial charge in [-0.15, -0.1) is 0 Å². The number of nitrogens with two attached hydrogens (primary N) is 1. The number of amides is 1. The SMILES string of the molecule is CSCC[C@H](N)C(=O)NCCCN1CCN(C)CC1. The highest BCUT2D eigenvalue weighted by molar-refractivity contribution is 7.98. The van der Waals surface area contributed by atoms with Gasteiger partial charge in [-0.1, -0.05) is 0 Å². The Kier molecular flexibility index (Phi) is 8.45. The average Bonchev–Trinajstić information content (AvgIpc) is 2.42. The highest BCUT2D eigenvalue weighted by Gasteiger charge is 2.14. The largest absolute Gasteiger partial charge is 0.355 e. The molecule has 0 spiro atoms. The normalized spacial score (nSPS) is 19.3. The number of carbonyl (C=O) groups is 1. The van der Waals surface area contributed by atoms with Gasteiger partial charge in [-0.25, -0.2) is 0 Å². The molecular weight excluding hydrogens is 260 g/mol. The van der Waals surface area contributed by atoms with E-state index in [1.165, 1.54) is 0 Å². The van der Waals surface area contributed by atoms with Crippen LogP contribution in [0.4, 0.5) is 0 Å². The van der Waals surface area contributed by atoms with E-state index in [4.69, 9.17) is 5.73 Å². The first-order valence-corrected chi connectivity index (χ1v) is 8.46. The van der Waals surface area contributed by atoms with Crippen LogP contribution >= 0.6 is 11.8 Å². The summed E-state index contributed by atoms with van der Waals surface area (Å²) in [5, 5.41) is 2.93. The van der Waals surface area contributed by atoms with Crippen LogP contribution in [-0.4, -0.2) is 80.1 Å². The van der Waals surface area contributed by atoms with Gasteiger partial charge in [0.1, 0.15) is 0 Å². The van der Waals surface area contributed by atoms with Gasteiger partial charge in [0.15, 0.2) is 0 Å². The number of carbonyl (C=O) groups excluding carboxylic acids is 1. The molecule has 1 aliphatic rings. The van der Waals surface area contributed by atoms with E-state index in [0.717, 1.165) is 57.9 Å². The van der Waals surface area contributed by atoms with Crippen LogP contribution in [0.2, 0.25) is 0 Å². The zero-order chi connectivity index (χ0) is 14.1. The summed E-state index contributed by atoms with van der Waals surface area (Å²) in [6.07, 6.45) is 3.79. The fourth-order valence-electron chi connectivity index (χ4n) is 2.09. The van der Waals surface area contributed by atoms with Crippen molar-refractivity contribution in [2.24, 2.45) is 5.73 Å². The molecule has 1 atom stereocenters. The van der Waals surface area contributed by atoms with E-state index in [9.17, 15) is 4.79 Å². The van der Waals surface area contributed by atoms with E-state index < -0.39 is 0 Å². The molecule has 19 heavy (non-hydrogen) atoms. The molecule has 1 heterocycles. The zero-order valence-corrected chi connectivity index (χ0v) is 13.0. The molecule has 1 fully saturated rings. The number of nitrogens with one attached hydrogen (secondary N) is 1. The number of nitrogens with zero attached hydrogens (tertiary/aromatic N) is 2. The van der Waals surface area contributed by atoms with Gasteiger partial charge < -0.3 is 20.9 Å². The van der Waals surface area contributed by atoms with Gasteiger partial charge in [0.2, 0.25) is 5.91 Å². The van der Waals surface area contributed by atoms with Gasteiger partial charge in [0, 0.05) is 32.7 Å². The van der Waals surface area contributed by atoms with Crippen molar-refractivity contribution in [1.82, 2.24) is 15.1 Å². The average molecular weight is 288 g/mol. The maximum Gasteiger partial charge on any atom is 0.236 e. The molecule has 0 unspecified atom stereocenters. The lowest BCUT2D eigenvalue weighted by molar-refractivity contribution is -0.122. The molecule has 0 aliphatic carbocycles. The van der Waals surface area contributed by atoms with Crippen molar-refractivity contribution in [3.8, 4) is 0 Å². The van der Waals surface area contributed by atoms with Crippen molar-refractivity contribution in [1.29, 1.82) is 0 Å². The summed E-state index contributed by atoms with van der Waals surface area (Å²) in [6.45, 7) is 6.36. The number of hydrogen-bond donors (Lipinski definition) is 2. The Balaban J connectivity index is 2.02. The van der Waals surface area contributed by atoms with Gasteiger partial charge in [0.25, 0.3) is 0 Å². The summed E-state index contributed by atoms with van der Waals surface area (Å²) in [7, 11) is 2.16. The first-order chi connectivity index (χ1) is 9.13. The number of rotatable bonds is 8. The minimum absolute atomic E-state index is 0.00701. The highest BCUT2D eigenvalue weighted by atomic mass is 32.2. The number of piperazine rings is 1. The quantitative estimate of drug-likeness (QED) is 0.607. The van der Waals surface area contributed by atoms with Crippen molar-refractivity contribution in [2.75, 3.05) is 58.3 Å². The van der Waals surface area contributed by atoms with Crippen molar-refractivity contribution in [3.05, 3.63) is 0 Å². The molecule has 1 rings (SSSR count). The highest BCUT2D eigenvalue weighted by Crippen LogP contribution is 2.00. The second-order valence-corrected chi connectivity index (χ2v) is 6.16. The summed E-state index contributed by atoms with van der Waals surface area (Å²) < 4.78 is 0. The molecule has 0 aromatic heterocycles. The van der Waals surface area contributed by atoms with E-state index in [1.807, 2.05) is 6.26 Å². The number of thioether (sulfide) groups is 1. The van der Waals surface area contributed by atoms with Crippen LogP contribution in [0.15, 0.2) is 0 Å². The molecule has 1 saturated heterocycles. The van der Waals surface area contributed by atoms with Crippen molar-refractivity contribution in [2.45, 2.75) is 18.9 Å². The summed E-state index contributed by atoms with van der Waals surface area (Å²) in [6, 6.07) is -0.351. The van der Waals surface area contributed by atoms with Crippen molar-refractivity contribution >= 4 is 17.7 Å². The second kappa shape index (κ2) is 9.58. The molecule has 112 valence electrons. The van der Waals surface area contributed by atoms with Crippen molar-refractivity contribution in [3.63, 3.8) is 0 Å². The number of hydrogen-bond acceptors (Lipinski definition) is 5. The lowest BCUT2D eigenvalue weighted by Gasteiger charge is -2.32. The molecule has 1 amide bonds. The third kappa shape index (κ3) is 7.15. The van der Waals surface area contributed by atoms with E-state index in [1.54, 1.807) is 11.8 Å². The molecule has 0 bridgehead atoms. The predicted octanol–water partition coefficient (Wildman–Crippen LogP) is -0.179. The van der Waals surface area contributed by atoms with Crippen LogP contribution in [0.3, 0.4) is 0 Å². The summed E-state index contributed by atoms with van der Waals surface area (Å²) in [5.74, 6) is 0.933. The standard InChI is InChI=1S/C13H28N4OS/c1-16-7-9-17(10-8-16)6-3-5-15-13(18)12(14)4-11-19-2/h12H,3-11,14H2,1-2H3,(H,15,18)/t12-/m0/s1. The molecule has 1 aliphatic heterocycles. The second-order valence-electron chi connectivity index (χ2n) is 5.18. The maximum absolute atomic E-state index is 11.7. The van der Waals surface area contributed by atoms with Gasteiger partial charge in [0.05, 0.1) is 6.04 Å². The summed E-state index contributed by atoms with van der Waals surface area (Å²) in [5.41, 5.74) is 5.80. The molecule has 6 heteroatoms. The molecule has 0 radical (unpaired) electrons. The Morgan fingerprint density at radius 2 is 2.05 bits per heavy atom. The van der Waals surface area contributed by atoms with Gasteiger partial charge in [-0.05, 0) is 38.4 Å². The molecule has 0 aromatic rings. The molecule has 3 N–H and O–H groups in total. The smallest absolute Gasteiger partial charge is 0.236 e. The summed E-state index contributed by atoms with van der Waals surface area (Å²) >= 11 is 1.72. The topological polar surface area (TPSA) is 61.6 Å². The zero-order valence-electron chi connectivity index (χ0n) is 12.2. The third-order valence-corrected chi connectivity index (χ3v) is 4.16. The fourth-order valence-corrected chi connectivity index (χ4v) is 2.58. The van der Waals surface area contributed by atoms with Crippen LogP contribution in [0.1, 0.15) is 12.8 Å². The summed E-state index contributed by atoms with van der Waals surface area (Å²) in [4.78, 5) is 16.5. The molecule has 0 aromatic carbocycles. The van der Waals surface area contributed by atoms with E-state index in [-0.39, 0.29) is 11.9 Å². The Bertz CT molecular complexity index is 257. The number of likely N-dealkylation sites (N-methyl/N-ethyl adjacent to an activating group) is 1. The minimum Gasteiger partial charge on any atom is -0.355 e. The predicted molar refractivity (Wildman–Crippen MR) is 82.5 cm³/mol. The van der Waals surface area contributed by atoms with Crippen LogP contribution in [0, 0.1) is 0 Å². The van der Waals surface area contributed by atoms with Gasteiger partial charge in [-0.3, -0.25) is 4.79 Å². The Hall–Kier alpha value is -0.300. The van der Waals surface area contributed by atoms with Gasteiger partial charge >= 0.3 is 0 Å². The van der Waals surface area contributed by atoms with E-state index in [0.29, 0.717) is 0 Å². The van der Waals surface area contributed by atoms with Crippen LogP contribution < -0.4 is 11.1 Å². The Labute approximate surface area is 121 Å². The van der Waals surface area contributed by atoms with E-state index in [2.05, 4.69) is 22.2 Å². The lowest BCUT2D eigenvalue weighted by Crippen LogP contribution is -2.45. The maximum atomic E-state index is 11.7. The molecule has 5 nitrogen and oxygen atoms in total. The van der Waals surface area contributed by atoms with Crippen LogP contribution in [0.25, 0.3) is 0 Å². The first kappa shape index (κ1) is 16.8. The van der Waals surface area contributed by atoms with Crippen LogP contribution in [-0.2, 0) is 4.79 Å². The first-order valence-electron chi connectivity index (χ1n) is 7.06.